The lowest BCUT2D eigenvalue weighted by Crippen LogP contribution is -2.37. The Morgan fingerprint density at radius 2 is 1.71 bits per heavy atom. The van der Waals surface area contributed by atoms with E-state index in [2.05, 4.69) is 20.7 Å². The van der Waals surface area contributed by atoms with Crippen molar-refractivity contribution in [3.05, 3.63) is 59.7 Å². The van der Waals surface area contributed by atoms with E-state index >= 15 is 0 Å². The zero-order valence-electron chi connectivity index (χ0n) is 17.4. The Kier molecular flexibility index (Phi) is 6.88. The highest BCUT2D eigenvalue weighted by Crippen LogP contribution is 2.34. The van der Waals surface area contributed by atoms with Gasteiger partial charge in [0.15, 0.2) is 0 Å². The van der Waals surface area contributed by atoms with Crippen molar-refractivity contribution in [1.82, 2.24) is 25.1 Å². The van der Waals surface area contributed by atoms with Gasteiger partial charge in [-0.25, -0.2) is 0 Å². The first-order valence-electron chi connectivity index (χ1n) is 9.50. The van der Waals surface area contributed by atoms with Crippen LogP contribution in [-0.4, -0.2) is 50.5 Å². The molecule has 0 aliphatic rings. The molecule has 0 bridgehead atoms. The summed E-state index contributed by atoms with van der Waals surface area (Å²) in [6.45, 7) is -1.07. The number of para-hydroxylation sites is 1. The van der Waals surface area contributed by atoms with Gasteiger partial charge in [-0.1, -0.05) is 24.3 Å². The molecule has 3 aromatic rings. The molecule has 34 heavy (non-hydrogen) atoms. The molecule has 0 saturated carbocycles. The van der Waals surface area contributed by atoms with Gasteiger partial charge in [-0.2, -0.15) is 31.1 Å². The molecule has 0 aliphatic carbocycles. The van der Waals surface area contributed by atoms with E-state index in [0.29, 0.717) is 0 Å². The van der Waals surface area contributed by atoms with Crippen molar-refractivity contribution in [3.8, 4) is 11.4 Å². The smallest absolute Gasteiger partial charge is 0.335 e. The van der Waals surface area contributed by atoms with E-state index in [1.54, 1.807) is 0 Å². The van der Waals surface area contributed by atoms with Crippen LogP contribution in [0.2, 0.25) is 0 Å². The minimum absolute atomic E-state index is 0.0320. The molecule has 0 saturated heterocycles. The van der Waals surface area contributed by atoms with E-state index in [0.717, 1.165) is 34.0 Å². The standard InChI is InChI=1S/C20H16F6N6O2/c1-31(10-16(33)27-15-8-3-2-7-14(15)20(24,25)26)17(34)11-32-29-18(28-30-32)12-5-4-6-13(9-12)19(21,22)23/h2-9H,10-11H2,1H3,(H,27,33). The molecule has 0 aliphatic heterocycles. The Bertz CT molecular complexity index is 1190. The number of anilines is 1. The first kappa shape index (κ1) is 24.7. The Morgan fingerprint density at radius 3 is 2.38 bits per heavy atom. The average molecular weight is 486 g/mol. The molecule has 0 fully saturated rings. The molecule has 0 unspecified atom stereocenters. The third kappa shape index (κ3) is 6.08. The summed E-state index contributed by atoms with van der Waals surface area (Å²) in [6, 6.07) is 8.61. The molecule has 14 heteroatoms. The summed E-state index contributed by atoms with van der Waals surface area (Å²) in [4.78, 5) is 26.2. The van der Waals surface area contributed by atoms with E-state index in [9.17, 15) is 35.9 Å². The number of alkyl halides is 6. The SMILES string of the molecule is CN(CC(=O)Nc1ccccc1C(F)(F)F)C(=O)Cn1nnc(-c2cccc(C(F)(F)F)c2)n1. The lowest BCUT2D eigenvalue weighted by molar-refractivity contribution is -0.138. The van der Waals surface area contributed by atoms with Crippen LogP contribution in [0, 0.1) is 0 Å². The maximum Gasteiger partial charge on any atom is 0.418 e. The quantitative estimate of drug-likeness (QED) is 0.539. The maximum atomic E-state index is 13.0. The van der Waals surface area contributed by atoms with Crippen LogP contribution in [0.1, 0.15) is 11.1 Å². The monoisotopic (exact) mass is 486 g/mol. The minimum Gasteiger partial charge on any atom is -0.335 e. The number of carbonyl (C=O) groups excluding carboxylic acids is 2. The molecule has 1 N–H and O–H groups in total. The van der Waals surface area contributed by atoms with Crippen molar-refractivity contribution in [3.63, 3.8) is 0 Å². The number of tetrazole rings is 1. The van der Waals surface area contributed by atoms with Crippen LogP contribution >= 0.6 is 0 Å². The fourth-order valence-corrected chi connectivity index (χ4v) is 2.83. The van der Waals surface area contributed by atoms with E-state index < -0.39 is 54.1 Å². The molecule has 180 valence electrons. The van der Waals surface area contributed by atoms with Crippen molar-refractivity contribution >= 4 is 17.5 Å². The number of likely N-dealkylation sites (N-methyl/N-ethyl adjacent to an activating group) is 1. The molecule has 1 aromatic heterocycles. The Balaban J connectivity index is 1.62. The van der Waals surface area contributed by atoms with E-state index in [-0.39, 0.29) is 11.4 Å². The number of carbonyl (C=O) groups is 2. The second-order valence-corrected chi connectivity index (χ2v) is 7.06. The maximum absolute atomic E-state index is 13.0. The molecule has 2 aromatic carbocycles. The number of hydrogen-bond acceptors (Lipinski definition) is 5. The van der Waals surface area contributed by atoms with Gasteiger partial charge in [-0.3, -0.25) is 9.59 Å². The highest BCUT2D eigenvalue weighted by atomic mass is 19.4. The van der Waals surface area contributed by atoms with Gasteiger partial charge < -0.3 is 10.2 Å². The molecule has 3 rings (SSSR count). The van der Waals surface area contributed by atoms with Gasteiger partial charge in [-0.15, -0.1) is 10.2 Å². The van der Waals surface area contributed by atoms with Gasteiger partial charge in [0, 0.05) is 12.6 Å². The van der Waals surface area contributed by atoms with Crippen molar-refractivity contribution < 1.29 is 35.9 Å². The van der Waals surface area contributed by atoms with Crippen molar-refractivity contribution in [2.75, 3.05) is 18.9 Å². The van der Waals surface area contributed by atoms with Crippen LogP contribution in [0.15, 0.2) is 48.5 Å². The van der Waals surface area contributed by atoms with Crippen LogP contribution in [0.25, 0.3) is 11.4 Å². The van der Waals surface area contributed by atoms with Gasteiger partial charge in [0.2, 0.25) is 17.6 Å². The van der Waals surface area contributed by atoms with Gasteiger partial charge >= 0.3 is 12.4 Å². The first-order valence-corrected chi connectivity index (χ1v) is 9.50. The van der Waals surface area contributed by atoms with E-state index in [4.69, 9.17) is 0 Å². The Hall–Kier alpha value is -3.97. The number of nitrogens with one attached hydrogen (secondary N) is 1. The van der Waals surface area contributed by atoms with Crippen LogP contribution < -0.4 is 5.32 Å². The fourth-order valence-electron chi connectivity index (χ4n) is 2.83. The average Bonchev–Trinajstić information content (AvgIpc) is 3.21. The second kappa shape index (κ2) is 9.49. The normalized spacial score (nSPS) is 11.9. The lowest BCUT2D eigenvalue weighted by atomic mass is 10.1. The van der Waals surface area contributed by atoms with Gasteiger partial charge in [0.25, 0.3) is 0 Å². The van der Waals surface area contributed by atoms with Crippen molar-refractivity contribution in [1.29, 1.82) is 0 Å². The van der Waals surface area contributed by atoms with Crippen molar-refractivity contribution in [2.24, 2.45) is 0 Å². The van der Waals surface area contributed by atoms with E-state index in [1.165, 1.54) is 31.3 Å². The summed E-state index contributed by atoms with van der Waals surface area (Å²) in [5.74, 6) is -1.71. The number of hydrogen-bond donors (Lipinski definition) is 1. The highest BCUT2D eigenvalue weighted by Gasteiger charge is 2.34. The van der Waals surface area contributed by atoms with Gasteiger partial charge in [-0.05, 0) is 29.5 Å². The van der Waals surface area contributed by atoms with E-state index in [1.807, 2.05) is 0 Å². The largest absolute Gasteiger partial charge is 0.418 e. The predicted octanol–water partition coefficient (Wildman–Crippen LogP) is 3.47. The third-order valence-corrected chi connectivity index (χ3v) is 4.49. The van der Waals surface area contributed by atoms with Crippen LogP contribution in [-0.2, 0) is 28.5 Å². The summed E-state index contributed by atoms with van der Waals surface area (Å²) >= 11 is 0. The number of amides is 2. The summed E-state index contributed by atoms with van der Waals surface area (Å²) in [7, 11) is 1.24. The molecule has 0 atom stereocenters. The lowest BCUT2D eigenvalue weighted by Gasteiger charge is -2.18. The molecule has 1 heterocycles. The zero-order valence-corrected chi connectivity index (χ0v) is 17.4. The van der Waals surface area contributed by atoms with Gasteiger partial charge in [0.1, 0.15) is 6.54 Å². The summed E-state index contributed by atoms with van der Waals surface area (Å²) < 4.78 is 77.7. The zero-order chi connectivity index (χ0) is 25.1. The molecule has 0 spiro atoms. The molecule has 0 radical (unpaired) electrons. The molecule has 8 nitrogen and oxygen atoms in total. The number of benzene rings is 2. The highest BCUT2D eigenvalue weighted by molar-refractivity contribution is 5.95. The Labute approximate surface area is 188 Å². The Morgan fingerprint density at radius 1 is 1.00 bits per heavy atom. The number of rotatable bonds is 6. The molecule has 2 amide bonds. The van der Waals surface area contributed by atoms with Crippen molar-refractivity contribution in [2.45, 2.75) is 18.9 Å². The van der Waals surface area contributed by atoms with Crippen LogP contribution in [0.5, 0.6) is 0 Å². The molecular formula is C20H16F6N6O2. The summed E-state index contributed by atoms with van der Waals surface area (Å²) in [5.41, 5.74) is -2.37. The minimum atomic E-state index is -4.68. The topological polar surface area (TPSA) is 93.0 Å². The fraction of sp³-hybridized carbons (Fsp3) is 0.250. The first-order chi connectivity index (χ1) is 15.8. The molecular weight excluding hydrogens is 470 g/mol. The second-order valence-electron chi connectivity index (χ2n) is 7.06. The van der Waals surface area contributed by atoms with Gasteiger partial charge in [0.05, 0.1) is 23.4 Å². The van der Waals surface area contributed by atoms with Crippen LogP contribution in [0.3, 0.4) is 0 Å². The van der Waals surface area contributed by atoms with Crippen LogP contribution in [0.4, 0.5) is 32.0 Å². The summed E-state index contributed by atoms with van der Waals surface area (Å²) in [6.07, 6.45) is -9.24. The number of halogens is 6. The predicted molar refractivity (Wildman–Crippen MR) is 106 cm³/mol. The number of aromatic nitrogens is 4. The number of nitrogens with zero attached hydrogens (tertiary/aromatic N) is 5. The third-order valence-electron chi connectivity index (χ3n) is 4.49. The summed E-state index contributed by atoms with van der Waals surface area (Å²) in [5, 5.41) is 13.2.